The first-order chi connectivity index (χ1) is 15.8. The zero-order chi connectivity index (χ0) is 23.7. The first kappa shape index (κ1) is 21.8. The van der Waals surface area contributed by atoms with E-state index in [1.54, 1.807) is 12.1 Å². The number of nitrogens with one attached hydrogen (secondary N) is 4. The summed E-state index contributed by atoms with van der Waals surface area (Å²) in [4.78, 5) is 49.4. The highest BCUT2D eigenvalue weighted by Gasteiger charge is 2.18. The lowest BCUT2D eigenvalue weighted by Gasteiger charge is -2.13. The van der Waals surface area contributed by atoms with Gasteiger partial charge in [-0.2, -0.15) is 0 Å². The molecule has 0 spiro atoms. The highest BCUT2D eigenvalue weighted by atomic mass is 16.2. The molecular weight excluding hydrogens is 422 g/mol. The van der Waals surface area contributed by atoms with E-state index >= 15 is 0 Å². The third-order valence-corrected chi connectivity index (χ3v) is 5.54. The van der Waals surface area contributed by atoms with Crippen LogP contribution in [0, 0.1) is 20.8 Å². The third-order valence-electron chi connectivity index (χ3n) is 5.54. The van der Waals surface area contributed by atoms with E-state index in [0.717, 1.165) is 22.6 Å². The van der Waals surface area contributed by atoms with Gasteiger partial charge in [0.05, 0.1) is 28.6 Å². The van der Waals surface area contributed by atoms with E-state index in [2.05, 4.69) is 20.8 Å². The van der Waals surface area contributed by atoms with Crippen LogP contribution in [0.2, 0.25) is 0 Å². The number of carbonyl (C=O) groups excluding carboxylic acids is 2. The smallest absolute Gasteiger partial charge is 0.272 e. The number of benzene rings is 2. The summed E-state index contributed by atoms with van der Waals surface area (Å²) in [6, 6.07) is 14.2. The molecule has 4 rings (SSSR count). The van der Waals surface area contributed by atoms with Gasteiger partial charge in [-0.25, -0.2) is 0 Å². The van der Waals surface area contributed by atoms with E-state index in [9.17, 15) is 19.2 Å². The third kappa shape index (κ3) is 4.08. The number of hydrogen-bond acceptors (Lipinski definition) is 4. The van der Waals surface area contributed by atoms with E-state index in [1.807, 2.05) is 49.6 Å². The number of amides is 2. The van der Waals surface area contributed by atoms with Crippen LogP contribution in [0.25, 0.3) is 16.5 Å². The highest BCUT2D eigenvalue weighted by Crippen LogP contribution is 2.23. The largest absolute Gasteiger partial charge is 0.343 e. The number of anilines is 1. The fourth-order valence-corrected chi connectivity index (χ4v) is 3.96. The van der Waals surface area contributed by atoms with Gasteiger partial charge in [0.1, 0.15) is 0 Å². The second-order valence-corrected chi connectivity index (χ2v) is 7.77. The Labute approximate surface area is 188 Å². The molecule has 0 aliphatic heterocycles. The number of rotatable bonds is 5. The van der Waals surface area contributed by atoms with E-state index < -0.39 is 17.0 Å². The molecule has 33 heavy (non-hydrogen) atoms. The number of aromatic amines is 2. The zero-order valence-corrected chi connectivity index (χ0v) is 18.4. The van der Waals surface area contributed by atoms with Crippen molar-refractivity contribution < 1.29 is 9.59 Å². The van der Waals surface area contributed by atoms with Crippen molar-refractivity contribution in [1.29, 1.82) is 0 Å². The molecule has 0 unspecified atom stereocenters. The number of aromatic nitrogens is 3. The van der Waals surface area contributed by atoms with Crippen molar-refractivity contribution in [2.45, 2.75) is 20.8 Å². The molecule has 0 aliphatic carbocycles. The molecule has 2 amide bonds. The first-order valence-electron chi connectivity index (χ1n) is 10.3. The van der Waals surface area contributed by atoms with Crippen LogP contribution < -0.4 is 21.8 Å². The van der Waals surface area contributed by atoms with Crippen molar-refractivity contribution in [2.24, 2.45) is 0 Å². The topological polar surface area (TPSA) is 129 Å². The van der Waals surface area contributed by atoms with E-state index in [-0.39, 0.29) is 28.9 Å². The lowest BCUT2D eigenvalue weighted by atomic mass is 10.1. The number of fused-ring (bicyclic) bond motifs is 1. The molecule has 0 atom stereocenters. The lowest BCUT2D eigenvalue weighted by Crippen LogP contribution is -2.33. The van der Waals surface area contributed by atoms with Crippen molar-refractivity contribution in [3.8, 4) is 5.69 Å². The Kier molecular flexibility index (Phi) is 5.70. The van der Waals surface area contributed by atoms with Gasteiger partial charge in [-0.05, 0) is 50.6 Å². The molecule has 0 bridgehead atoms. The summed E-state index contributed by atoms with van der Waals surface area (Å²) in [5.41, 5.74) is 3.38. The van der Waals surface area contributed by atoms with Crippen molar-refractivity contribution in [2.75, 3.05) is 11.9 Å². The number of nitrogens with zero attached hydrogens (tertiary/aromatic N) is 1. The monoisotopic (exact) mass is 445 g/mol. The van der Waals surface area contributed by atoms with Crippen LogP contribution in [0.4, 0.5) is 5.69 Å². The fraction of sp³-hybridized carbons (Fsp3) is 0.167. The highest BCUT2D eigenvalue weighted by molar-refractivity contribution is 6.04. The standard InChI is InChI=1S/C24H23N5O4/c1-13-7-4-5-10-19(13)29-14(2)11-17(15(29)3)22(31)25-12-20(30)26-18-9-6-8-16-21(18)24(33)28-27-23(16)32/h4-11H,12H2,1-3H3,(H,25,31)(H,26,30)(H,27,32)(H,28,33). The van der Waals surface area contributed by atoms with Crippen LogP contribution >= 0.6 is 0 Å². The molecule has 0 aliphatic rings. The molecule has 0 saturated carbocycles. The molecule has 168 valence electrons. The molecule has 2 heterocycles. The molecule has 0 radical (unpaired) electrons. The Morgan fingerprint density at radius 1 is 0.939 bits per heavy atom. The summed E-state index contributed by atoms with van der Waals surface area (Å²) >= 11 is 0. The summed E-state index contributed by atoms with van der Waals surface area (Å²) in [5, 5.41) is 9.93. The Bertz CT molecular complexity index is 1510. The minimum absolute atomic E-state index is 0.0719. The van der Waals surface area contributed by atoms with Gasteiger partial charge in [0.2, 0.25) is 5.91 Å². The van der Waals surface area contributed by atoms with Gasteiger partial charge >= 0.3 is 0 Å². The van der Waals surface area contributed by atoms with E-state index in [0.29, 0.717) is 5.56 Å². The Morgan fingerprint density at radius 3 is 2.42 bits per heavy atom. The van der Waals surface area contributed by atoms with Gasteiger partial charge in [0, 0.05) is 17.1 Å². The number of para-hydroxylation sites is 1. The number of carbonyl (C=O) groups is 2. The maximum Gasteiger partial charge on any atom is 0.272 e. The van der Waals surface area contributed by atoms with Crippen molar-refractivity contribution in [3.05, 3.63) is 91.8 Å². The van der Waals surface area contributed by atoms with Gasteiger partial charge in [0.15, 0.2) is 0 Å². The summed E-state index contributed by atoms with van der Waals surface area (Å²) in [7, 11) is 0. The van der Waals surface area contributed by atoms with Gasteiger partial charge in [-0.1, -0.05) is 24.3 Å². The van der Waals surface area contributed by atoms with Crippen LogP contribution in [0.15, 0.2) is 58.1 Å². The van der Waals surface area contributed by atoms with Gasteiger partial charge < -0.3 is 15.2 Å². The maximum atomic E-state index is 12.8. The quantitative estimate of drug-likeness (QED) is 0.376. The fourth-order valence-electron chi connectivity index (χ4n) is 3.96. The van der Waals surface area contributed by atoms with E-state index in [4.69, 9.17) is 0 Å². The number of aryl methyl sites for hydroxylation is 2. The second kappa shape index (κ2) is 8.62. The van der Waals surface area contributed by atoms with Crippen LogP contribution in [-0.2, 0) is 4.79 Å². The number of H-pyrrole nitrogens is 2. The number of hydrogen-bond donors (Lipinski definition) is 4. The minimum Gasteiger partial charge on any atom is -0.343 e. The van der Waals surface area contributed by atoms with Crippen LogP contribution in [0.1, 0.15) is 27.3 Å². The predicted molar refractivity (Wildman–Crippen MR) is 126 cm³/mol. The first-order valence-corrected chi connectivity index (χ1v) is 10.3. The molecule has 2 aromatic carbocycles. The predicted octanol–water partition coefficient (Wildman–Crippen LogP) is 2.30. The maximum absolute atomic E-state index is 12.8. The minimum atomic E-state index is -0.534. The lowest BCUT2D eigenvalue weighted by molar-refractivity contribution is -0.115. The van der Waals surface area contributed by atoms with Crippen LogP contribution in [0.3, 0.4) is 0 Å². The Hall–Kier alpha value is -4.40. The van der Waals surface area contributed by atoms with Crippen molar-refractivity contribution in [1.82, 2.24) is 20.1 Å². The molecule has 9 nitrogen and oxygen atoms in total. The van der Waals surface area contributed by atoms with E-state index in [1.165, 1.54) is 12.1 Å². The summed E-state index contributed by atoms with van der Waals surface area (Å²) in [6.07, 6.45) is 0. The van der Waals surface area contributed by atoms with Gasteiger partial charge in [0.25, 0.3) is 17.0 Å². The Balaban J connectivity index is 1.51. The summed E-state index contributed by atoms with van der Waals surface area (Å²) in [6.45, 7) is 5.48. The average molecular weight is 445 g/mol. The van der Waals surface area contributed by atoms with Gasteiger partial charge in [-0.3, -0.25) is 29.4 Å². The second-order valence-electron chi connectivity index (χ2n) is 7.77. The SMILES string of the molecule is Cc1ccccc1-n1c(C)cc(C(=O)NCC(=O)Nc2cccc3c(=O)[nH][nH]c(=O)c23)c1C. The molecule has 0 fully saturated rings. The summed E-state index contributed by atoms with van der Waals surface area (Å²) in [5.74, 6) is -0.909. The van der Waals surface area contributed by atoms with Crippen LogP contribution in [-0.4, -0.2) is 33.1 Å². The Morgan fingerprint density at radius 2 is 1.67 bits per heavy atom. The van der Waals surface area contributed by atoms with Crippen LogP contribution in [0.5, 0.6) is 0 Å². The zero-order valence-electron chi connectivity index (χ0n) is 18.4. The average Bonchev–Trinajstić information content (AvgIpc) is 3.09. The van der Waals surface area contributed by atoms with Gasteiger partial charge in [-0.15, -0.1) is 0 Å². The summed E-state index contributed by atoms with van der Waals surface area (Å²) < 4.78 is 2.00. The van der Waals surface area contributed by atoms with Crippen molar-refractivity contribution >= 4 is 28.3 Å². The molecule has 2 aromatic heterocycles. The molecule has 9 heteroatoms. The van der Waals surface area contributed by atoms with Crippen molar-refractivity contribution in [3.63, 3.8) is 0 Å². The molecule has 4 aromatic rings. The normalized spacial score (nSPS) is 10.9. The molecular formula is C24H23N5O4. The molecule has 4 N–H and O–H groups in total. The molecule has 0 saturated heterocycles.